The van der Waals surface area contributed by atoms with Crippen LogP contribution in [-0.4, -0.2) is 69.9 Å². The van der Waals surface area contributed by atoms with Gasteiger partial charge in [-0.2, -0.15) is 4.68 Å². The number of ether oxygens (including phenoxy) is 1. The number of morpholine rings is 1. The third kappa shape index (κ3) is 5.32. The molecule has 9 heteroatoms. The van der Waals surface area contributed by atoms with Gasteiger partial charge in [0.1, 0.15) is 0 Å². The standard InChI is InChI=1S/C23H27ClN6O2/c1-3-22-26-27-28-30(22)21-13-18(17-4-6-20(24)7-5-17)12-19(14-21)23(31)25-16(2)15-29-8-10-32-11-9-29/h4-7,12-14,16H,3,8-11,15H2,1-2H3,(H,25,31)/t16-/m1/s1. The first-order valence-electron chi connectivity index (χ1n) is 10.8. The van der Waals surface area contributed by atoms with Crippen LogP contribution in [0, 0.1) is 0 Å². The van der Waals surface area contributed by atoms with Crippen LogP contribution in [0.15, 0.2) is 42.5 Å². The Hall–Kier alpha value is -2.81. The first-order valence-corrected chi connectivity index (χ1v) is 11.2. The minimum atomic E-state index is -0.131. The zero-order chi connectivity index (χ0) is 22.5. The second-order valence-electron chi connectivity index (χ2n) is 7.92. The molecule has 1 aromatic heterocycles. The van der Waals surface area contributed by atoms with Crippen molar-refractivity contribution in [2.45, 2.75) is 26.3 Å². The van der Waals surface area contributed by atoms with E-state index in [0.717, 1.165) is 55.5 Å². The third-order valence-corrected chi connectivity index (χ3v) is 5.72. The lowest BCUT2D eigenvalue weighted by Crippen LogP contribution is -2.46. The highest BCUT2D eigenvalue weighted by molar-refractivity contribution is 6.30. The van der Waals surface area contributed by atoms with Gasteiger partial charge < -0.3 is 10.1 Å². The van der Waals surface area contributed by atoms with Crippen LogP contribution in [-0.2, 0) is 11.2 Å². The summed E-state index contributed by atoms with van der Waals surface area (Å²) in [4.78, 5) is 15.5. The number of halogens is 1. The van der Waals surface area contributed by atoms with E-state index in [4.69, 9.17) is 16.3 Å². The van der Waals surface area contributed by atoms with Crippen molar-refractivity contribution in [1.29, 1.82) is 0 Å². The Bertz CT molecular complexity index is 1060. The van der Waals surface area contributed by atoms with Gasteiger partial charge in [-0.25, -0.2) is 0 Å². The topological polar surface area (TPSA) is 85.2 Å². The number of tetrazole rings is 1. The molecule has 0 bridgehead atoms. The van der Waals surface area contributed by atoms with Crippen LogP contribution < -0.4 is 5.32 Å². The van der Waals surface area contributed by atoms with Gasteiger partial charge in [-0.1, -0.05) is 30.7 Å². The monoisotopic (exact) mass is 454 g/mol. The molecular formula is C23H27ClN6O2. The fourth-order valence-electron chi connectivity index (χ4n) is 3.82. The van der Waals surface area contributed by atoms with E-state index in [1.165, 1.54) is 0 Å². The molecule has 0 unspecified atom stereocenters. The zero-order valence-electron chi connectivity index (χ0n) is 18.3. The van der Waals surface area contributed by atoms with Crippen molar-refractivity contribution in [2.24, 2.45) is 0 Å². The van der Waals surface area contributed by atoms with Crippen molar-refractivity contribution in [3.8, 4) is 16.8 Å². The number of carbonyl (C=O) groups is 1. The molecule has 1 atom stereocenters. The summed E-state index contributed by atoms with van der Waals surface area (Å²) in [5.74, 6) is 0.597. The predicted molar refractivity (Wildman–Crippen MR) is 123 cm³/mol. The first-order chi connectivity index (χ1) is 15.5. The molecule has 0 saturated carbocycles. The van der Waals surface area contributed by atoms with Crippen LogP contribution in [0.25, 0.3) is 16.8 Å². The fourth-order valence-corrected chi connectivity index (χ4v) is 3.95. The summed E-state index contributed by atoms with van der Waals surface area (Å²) in [6.45, 7) is 8.04. The molecule has 2 aromatic carbocycles. The largest absolute Gasteiger partial charge is 0.379 e. The fraction of sp³-hybridized carbons (Fsp3) is 0.391. The van der Waals surface area contributed by atoms with Gasteiger partial charge in [-0.3, -0.25) is 9.69 Å². The smallest absolute Gasteiger partial charge is 0.251 e. The summed E-state index contributed by atoms with van der Waals surface area (Å²) >= 11 is 6.06. The Labute approximate surface area is 192 Å². The minimum absolute atomic E-state index is 0.00229. The zero-order valence-corrected chi connectivity index (χ0v) is 19.0. The lowest BCUT2D eigenvalue weighted by atomic mass is 10.0. The SMILES string of the molecule is CCc1nnnn1-c1cc(C(=O)N[C@H](C)CN2CCOCC2)cc(-c2ccc(Cl)cc2)c1. The molecule has 0 aliphatic carbocycles. The van der Waals surface area contributed by atoms with Crippen LogP contribution in [0.1, 0.15) is 30.0 Å². The van der Waals surface area contributed by atoms with Crippen molar-refractivity contribution in [3.05, 3.63) is 58.9 Å². The van der Waals surface area contributed by atoms with E-state index < -0.39 is 0 Å². The average molecular weight is 455 g/mol. The van der Waals surface area contributed by atoms with Gasteiger partial charge in [0.05, 0.1) is 18.9 Å². The normalized spacial score (nSPS) is 15.5. The summed E-state index contributed by atoms with van der Waals surface area (Å²) in [5.41, 5.74) is 3.14. The molecule has 3 aromatic rings. The van der Waals surface area contributed by atoms with E-state index in [1.54, 1.807) is 4.68 Å². The quantitative estimate of drug-likeness (QED) is 0.590. The second-order valence-corrected chi connectivity index (χ2v) is 8.36. The van der Waals surface area contributed by atoms with E-state index in [-0.39, 0.29) is 11.9 Å². The summed E-state index contributed by atoms with van der Waals surface area (Å²) in [6, 6.07) is 13.2. The van der Waals surface area contributed by atoms with Gasteiger partial charge in [-0.15, -0.1) is 5.10 Å². The number of hydrogen-bond acceptors (Lipinski definition) is 6. The number of hydrogen-bond donors (Lipinski definition) is 1. The highest BCUT2D eigenvalue weighted by Crippen LogP contribution is 2.26. The van der Waals surface area contributed by atoms with Crippen LogP contribution in [0.2, 0.25) is 5.02 Å². The van der Waals surface area contributed by atoms with Crippen LogP contribution in [0.4, 0.5) is 0 Å². The molecule has 0 radical (unpaired) electrons. The molecule has 4 rings (SSSR count). The average Bonchev–Trinajstić information content (AvgIpc) is 3.29. The van der Waals surface area contributed by atoms with E-state index in [2.05, 4.69) is 25.7 Å². The highest BCUT2D eigenvalue weighted by Gasteiger charge is 2.18. The molecule has 1 fully saturated rings. The Morgan fingerprint density at radius 1 is 1.16 bits per heavy atom. The van der Waals surface area contributed by atoms with Crippen LogP contribution in [0.5, 0.6) is 0 Å². The molecule has 1 saturated heterocycles. The Kier molecular flexibility index (Phi) is 7.14. The van der Waals surface area contributed by atoms with E-state index in [0.29, 0.717) is 17.0 Å². The Morgan fingerprint density at radius 2 is 1.91 bits per heavy atom. The second kappa shape index (κ2) is 10.2. The molecular weight excluding hydrogens is 428 g/mol. The molecule has 32 heavy (non-hydrogen) atoms. The van der Waals surface area contributed by atoms with Crippen molar-refractivity contribution < 1.29 is 9.53 Å². The van der Waals surface area contributed by atoms with Gasteiger partial charge in [0, 0.05) is 42.7 Å². The number of amides is 1. The number of nitrogens with zero attached hydrogens (tertiary/aromatic N) is 5. The van der Waals surface area contributed by atoms with Gasteiger partial charge in [0.2, 0.25) is 0 Å². The Balaban J connectivity index is 1.62. The van der Waals surface area contributed by atoms with Crippen molar-refractivity contribution >= 4 is 17.5 Å². The van der Waals surface area contributed by atoms with E-state index in [9.17, 15) is 4.79 Å². The first kappa shape index (κ1) is 22.4. The maximum atomic E-state index is 13.2. The molecule has 1 aliphatic rings. The van der Waals surface area contributed by atoms with Crippen molar-refractivity contribution in [1.82, 2.24) is 30.4 Å². The number of carbonyl (C=O) groups excluding carboxylic acids is 1. The van der Waals surface area contributed by atoms with Gasteiger partial charge in [0.25, 0.3) is 5.91 Å². The lowest BCUT2D eigenvalue weighted by molar-refractivity contribution is 0.0342. The van der Waals surface area contributed by atoms with Crippen LogP contribution in [0.3, 0.4) is 0 Å². The van der Waals surface area contributed by atoms with Crippen LogP contribution >= 0.6 is 11.6 Å². The van der Waals surface area contributed by atoms with Gasteiger partial charge in [0.15, 0.2) is 5.82 Å². The molecule has 2 heterocycles. The van der Waals surface area contributed by atoms with Gasteiger partial charge >= 0.3 is 0 Å². The number of aromatic nitrogens is 4. The molecule has 1 aliphatic heterocycles. The van der Waals surface area contributed by atoms with E-state index >= 15 is 0 Å². The minimum Gasteiger partial charge on any atom is -0.379 e. The Morgan fingerprint density at radius 3 is 2.62 bits per heavy atom. The summed E-state index contributed by atoms with van der Waals surface area (Å²) in [6.07, 6.45) is 0.677. The third-order valence-electron chi connectivity index (χ3n) is 5.47. The van der Waals surface area contributed by atoms with Gasteiger partial charge in [-0.05, 0) is 58.8 Å². The molecule has 1 amide bonds. The molecule has 168 valence electrons. The number of aryl methyl sites for hydroxylation is 1. The van der Waals surface area contributed by atoms with Crippen molar-refractivity contribution in [2.75, 3.05) is 32.8 Å². The molecule has 1 N–H and O–H groups in total. The number of nitrogens with one attached hydrogen (secondary N) is 1. The summed E-state index contributed by atoms with van der Waals surface area (Å²) < 4.78 is 7.08. The summed E-state index contributed by atoms with van der Waals surface area (Å²) in [7, 11) is 0. The molecule has 0 spiro atoms. The van der Waals surface area contributed by atoms with Crippen molar-refractivity contribution in [3.63, 3.8) is 0 Å². The number of rotatable bonds is 7. The van der Waals surface area contributed by atoms with E-state index in [1.807, 2.05) is 56.3 Å². The predicted octanol–water partition coefficient (Wildman–Crippen LogP) is 3.00. The summed E-state index contributed by atoms with van der Waals surface area (Å²) in [5, 5.41) is 15.8. The maximum absolute atomic E-state index is 13.2. The molecule has 8 nitrogen and oxygen atoms in total. The maximum Gasteiger partial charge on any atom is 0.251 e. The number of benzene rings is 2. The highest BCUT2D eigenvalue weighted by atomic mass is 35.5. The lowest BCUT2D eigenvalue weighted by Gasteiger charge is -2.29.